The molecule has 1 unspecified atom stereocenters. The normalized spacial score (nSPS) is 13.7. The Morgan fingerprint density at radius 3 is 2.43 bits per heavy atom. The van der Waals surface area contributed by atoms with Crippen LogP contribution in [0.5, 0.6) is 5.75 Å². The van der Waals surface area contributed by atoms with Gasteiger partial charge in [-0.25, -0.2) is 4.39 Å². The highest BCUT2D eigenvalue weighted by Gasteiger charge is 2.42. The van der Waals surface area contributed by atoms with Gasteiger partial charge in [0, 0.05) is 12.3 Å². The van der Waals surface area contributed by atoms with E-state index in [2.05, 4.69) is 0 Å². The van der Waals surface area contributed by atoms with E-state index in [1.165, 1.54) is 32.2 Å². The average Bonchev–Trinajstić information content (AvgIpc) is 2.60. The zero-order chi connectivity index (χ0) is 21.3. The number of hydrogen-bond acceptors (Lipinski definition) is 5. The molecule has 28 heavy (non-hydrogen) atoms. The minimum atomic E-state index is -5.35. The van der Waals surface area contributed by atoms with Gasteiger partial charge >= 0.3 is 21.3 Å². The van der Waals surface area contributed by atoms with Gasteiger partial charge in [0.05, 0.1) is 7.11 Å². The van der Waals surface area contributed by atoms with Crippen molar-refractivity contribution in [2.24, 2.45) is 0 Å². The van der Waals surface area contributed by atoms with E-state index in [9.17, 15) is 26.4 Å². The van der Waals surface area contributed by atoms with Crippen molar-refractivity contribution >= 4 is 26.9 Å². The summed E-state index contributed by atoms with van der Waals surface area (Å²) in [7, 11) is -4.16. The summed E-state index contributed by atoms with van der Waals surface area (Å²) in [6, 6.07) is 4.97. The molecule has 0 aliphatic carbocycles. The number of allylic oxidation sites excluding steroid dienone is 1. The lowest BCUT2D eigenvalue weighted by molar-refractivity contribution is -0.141. The molecule has 0 radical (unpaired) electrons. The number of carbonyl (C=O) groups excluding carboxylic acids is 1. The van der Waals surface area contributed by atoms with Crippen molar-refractivity contribution in [2.75, 3.05) is 7.11 Å². The zero-order valence-electron chi connectivity index (χ0n) is 15.6. The maximum atomic E-state index is 13.7. The number of esters is 1. The van der Waals surface area contributed by atoms with Crippen LogP contribution in [0.25, 0.3) is 10.8 Å². The van der Waals surface area contributed by atoms with Crippen LogP contribution in [-0.4, -0.2) is 26.8 Å². The predicted octanol–water partition coefficient (Wildman–Crippen LogP) is 4.44. The molecule has 152 valence electrons. The summed E-state index contributed by atoms with van der Waals surface area (Å²) >= 11 is 0. The third kappa shape index (κ3) is 4.14. The van der Waals surface area contributed by atoms with Crippen molar-refractivity contribution in [3.63, 3.8) is 0 Å². The molecule has 0 aromatic heterocycles. The predicted molar refractivity (Wildman–Crippen MR) is 98.4 cm³/mol. The Hall–Kier alpha value is -2.55. The van der Waals surface area contributed by atoms with E-state index in [0.29, 0.717) is 5.39 Å². The summed E-state index contributed by atoms with van der Waals surface area (Å²) in [5.74, 6) is -2.75. The van der Waals surface area contributed by atoms with E-state index in [1.807, 2.05) is 0 Å². The minimum absolute atomic E-state index is 0.0156. The molecule has 0 saturated heterocycles. The Labute approximate surface area is 160 Å². The number of alkyl halides is 2. The van der Waals surface area contributed by atoms with Crippen LogP contribution >= 0.6 is 0 Å². The fraction of sp³-hybridized carbons (Fsp3) is 0.316. The van der Waals surface area contributed by atoms with Gasteiger partial charge in [0.15, 0.2) is 5.75 Å². The van der Waals surface area contributed by atoms with Crippen LogP contribution in [0.1, 0.15) is 30.9 Å². The number of benzene rings is 2. The molecule has 9 heteroatoms. The Balaban J connectivity index is 2.85. The van der Waals surface area contributed by atoms with Gasteiger partial charge in [-0.05, 0) is 48.6 Å². The number of ether oxygens (including phenoxy) is 1. The topological polar surface area (TPSA) is 69.7 Å². The van der Waals surface area contributed by atoms with E-state index in [1.54, 1.807) is 13.0 Å². The van der Waals surface area contributed by atoms with E-state index < -0.39 is 38.8 Å². The number of rotatable bonds is 6. The monoisotopic (exact) mass is 416 g/mol. The molecule has 0 heterocycles. The first-order valence-corrected chi connectivity index (χ1v) is 9.59. The van der Waals surface area contributed by atoms with Crippen LogP contribution in [0.2, 0.25) is 0 Å². The van der Waals surface area contributed by atoms with Gasteiger partial charge in [0.1, 0.15) is 11.7 Å². The molecule has 0 aliphatic rings. The van der Waals surface area contributed by atoms with Crippen molar-refractivity contribution in [3.05, 3.63) is 53.4 Å². The van der Waals surface area contributed by atoms with E-state index in [-0.39, 0.29) is 23.4 Å². The highest BCUT2D eigenvalue weighted by Crippen LogP contribution is 2.39. The molecule has 5 nitrogen and oxygen atoms in total. The van der Waals surface area contributed by atoms with Gasteiger partial charge in [0.2, 0.25) is 0 Å². The van der Waals surface area contributed by atoms with Crippen LogP contribution in [-0.2, 0) is 19.6 Å². The Bertz CT molecular complexity index is 1040. The Morgan fingerprint density at radius 1 is 1.25 bits per heavy atom. The third-order valence-corrected chi connectivity index (χ3v) is 5.42. The largest absolute Gasteiger partial charge is 0.468 e. The zero-order valence-corrected chi connectivity index (χ0v) is 16.4. The van der Waals surface area contributed by atoms with Crippen LogP contribution in [0, 0.1) is 12.7 Å². The molecular weight excluding hydrogens is 397 g/mol. The SMILES string of the molecule is C/C=C/C(C(=O)OC)c1cc2ccc(F)cc2c(OS(=O)(=O)C(C)(F)F)c1C. The summed E-state index contributed by atoms with van der Waals surface area (Å²) in [6.07, 6.45) is 3.10. The molecule has 0 aliphatic heterocycles. The molecule has 2 aromatic rings. The second kappa shape index (κ2) is 7.83. The van der Waals surface area contributed by atoms with Gasteiger partial charge < -0.3 is 8.92 Å². The first kappa shape index (κ1) is 21.7. The van der Waals surface area contributed by atoms with Gasteiger partial charge in [-0.3, -0.25) is 4.79 Å². The van der Waals surface area contributed by atoms with Crippen molar-refractivity contribution in [3.8, 4) is 5.75 Å². The Kier molecular flexibility index (Phi) is 6.08. The average molecular weight is 416 g/mol. The summed E-state index contributed by atoms with van der Waals surface area (Å²) in [6.45, 7) is 3.25. The standard InChI is InChI=1S/C19H19F3O5S/c1-5-6-14(18(23)26-4)15-9-12-7-8-13(20)10-16(12)17(11(15)2)27-28(24,25)19(3,21)22/h5-10,14H,1-4H3/b6-5+. The highest BCUT2D eigenvalue weighted by molar-refractivity contribution is 7.88. The quantitative estimate of drug-likeness (QED) is 0.396. The second-order valence-electron chi connectivity index (χ2n) is 6.16. The van der Waals surface area contributed by atoms with Gasteiger partial charge in [0.25, 0.3) is 0 Å². The first-order valence-electron chi connectivity index (χ1n) is 8.18. The van der Waals surface area contributed by atoms with E-state index >= 15 is 0 Å². The number of carbonyl (C=O) groups is 1. The van der Waals surface area contributed by atoms with Crippen LogP contribution < -0.4 is 4.18 Å². The smallest absolute Gasteiger partial charge is 0.377 e. The molecule has 2 aromatic carbocycles. The van der Waals surface area contributed by atoms with Gasteiger partial charge in [-0.1, -0.05) is 18.2 Å². The highest BCUT2D eigenvalue weighted by atomic mass is 32.2. The number of fused-ring (bicyclic) bond motifs is 1. The summed E-state index contributed by atoms with van der Waals surface area (Å²) in [4.78, 5) is 12.2. The molecule has 0 saturated carbocycles. The van der Waals surface area contributed by atoms with E-state index in [4.69, 9.17) is 8.92 Å². The van der Waals surface area contributed by atoms with Crippen molar-refractivity contribution < 1.29 is 35.3 Å². The molecule has 2 rings (SSSR count). The van der Waals surface area contributed by atoms with Gasteiger partial charge in [-0.15, -0.1) is 0 Å². The lowest BCUT2D eigenvalue weighted by Gasteiger charge is -2.20. The molecular formula is C19H19F3O5S. The van der Waals surface area contributed by atoms with Crippen LogP contribution in [0.3, 0.4) is 0 Å². The van der Waals surface area contributed by atoms with E-state index in [0.717, 1.165) is 12.1 Å². The molecule has 1 atom stereocenters. The third-order valence-electron chi connectivity index (χ3n) is 4.15. The number of methoxy groups -OCH3 is 1. The molecule has 0 fully saturated rings. The van der Waals surface area contributed by atoms with Crippen molar-refractivity contribution in [1.29, 1.82) is 0 Å². The molecule has 0 spiro atoms. The summed E-state index contributed by atoms with van der Waals surface area (Å²) < 4.78 is 74.1. The lowest BCUT2D eigenvalue weighted by Crippen LogP contribution is -2.29. The lowest BCUT2D eigenvalue weighted by atomic mass is 9.90. The van der Waals surface area contributed by atoms with Crippen molar-refractivity contribution in [2.45, 2.75) is 31.9 Å². The Morgan fingerprint density at radius 2 is 1.89 bits per heavy atom. The molecule has 0 amide bonds. The van der Waals surface area contributed by atoms with Crippen LogP contribution in [0.4, 0.5) is 13.2 Å². The maximum Gasteiger partial charge on any atom is 0.377 e. The number of halogens is 3. The second-order valence-corrected chi connectivity index (χ2v) is 7.95. The van der Waals surface area contributed by atoms with Gasteiger partial charge in [-0.2, -0.15) is 17.2 Å². The minimum Gasteiger partial charge on any atom is -0.468 e. The molecule has 0 bridgehead atoms. The molecule has 0 N–H and O–H groups in total. The maximum absolute atomic E-state index is 13.7. The summed E-state index contributed by atoms with van der Waals surface area (Å²) in [5.41, 5.74) is 0.383. The fourth-order valence-corrected chi connectivity index (χ4v) is 3.28. The summed E-state index contributed by atoms with van der Waals surface area (Å²) in [5, 5.41) is -3.89. The van der Waals surface area contributed by atoms with Crippen molar-refractivity contribution in [1.82, 2.24) is 0 Å². The number of hydrogen-bond donors (Lipinski definition) is 0. The first-order chi connectivity index (χ1) is 12.9. The van der Waals surface area contributed by atoms with Crippen LogP contribution in [0.15, 0.2) is 36.4 Å². The fourth-order valence-electron chi connectivity index (χ4n) is 2.70.